The van der Waals surface area contributed by atoms with Crippen LogP contribution in [0.5, 0.6) is 5.75 Å². The normalized spacial score (nSPS) is 22.2. The van der Waals surface area contributed by atoms with Gasteiger partial charge in [-0.3, -0.25) is 4.90 Å². The fourth-order valence-corrected chi connectivity index (χ4v) is 5.38. The van der Waals surface area contributed by atoms with Gasteiger partial charge in [0.15, 0.2) is 5.82 Å². The number of morpholine rings is 1. The van der Waals surface area contributed by atoms with Gasteiger partial charge in [-0.05, 0) is 63.4 Å². The van der Waals surface area contributed by atoms with Crippen molar-refractivity contribution in [3.63, 3.8) is 0 Å². The van der Waals surface area contributed by atoms with Crippen molar-refractivity contribution in [1.29, 1.82) is 0 Å². The molecule has 2 fully saturated rings. The summed E-state index contributed by atoms with van der Waals surface area (Å²) in [6, 6.07) is 14.3. The van der Waals surface area contributed by atoms with E-state index < -0.39 is 0 Å². The second-order valence-electron chi connectivity index (χ2n) is 10.4. The number of nitrogen functional groups attached to an aromatic ring is 1. The molecular weight excluding hydrogens is 490 g/mol. The van der Waals surface area contributed by atoms with Gasteiger partial charge in [0.25, 0.3) is 0 Å². The number of hydrogen-bond donors (Lipinski definition) is 2. The van der Waals surface area contributed by atoms with Crippen LogP contribution >= 0.6 is 0 Å². The van der Waals surface area contributed by atoms with E-state index in [4.69, 9.17) is 10.5 Å². The Morgan fingerprint density at radius 3 is 2.59 bits per heavy atom. The summed E-state index contributed by atoms with van der Waals surface area (Å²) in [5.74, 6) is 7.17. The topological polar surface area (TPSA) is 104 Å². The minimum Gasteiger partial charge on any atom is -0.507 e. The molecule has 4 heterocycles. The second kappa shape index (κ2) is 11.9. The van der Waals surface area contributed by atoms with Gasteiger partial charge in [-0.1, -0.05) is 18.1 Å². The van der Waals surface area contributed by atoms with Crippen molar-refractivity contribution < 1.29 is 9.84 Å². The Morgan fingerprint density at radius 1 is 1.00 bits per heavy atom. The molecule has 2 aliphatic heterocycles. The number of aromatic hydroxyl groups is 1. The van der Waals surface area contributed by atoms with Gasteiger partial charge in [-0.15, -0.1) is 10.2 Å². The fraction of sp³-hybridized carbons (Fsp3) is 0.433. The van der Waals surface area contributed by atoms with Gasteiger partial charge < -0.3 is 25.4 Å². The predicted molar refractivity (Wildman–Crippen MR) is 155 cm³/mol. The van der Waals surface area contributed by atoms with Gasteiger partial charge in [-0.25, -0.2) is 4.98 Å². The number of rotatable bonds is 4. The minimum absolute atomic E-state index is 0.170. The molecule has 2 aromatic heterocycles. The van der Waals surface area contributed by atoms with Crippen molar-refractivity contribution in [2.45, 2.75) is 45.3 Å². The first kappa shape index (κ1) is 26.7. The lowest BCUT2D eigenvalue weighted by atomic mass is 10.1. The van der Waals surface area contributed by atoms with E-state index in [9.17, 15) is 5.11 Å². The number of nitrogens with zero attached hydrogens (tertiary/aromatic N) is 6. The number of phenolic OH excluding ortho intramolecular Hbond substituents is 1. The van der Waals surface area contributed by atoms with Gasteiger partial charge in [0.1, 0.15) is 11.4 Å². The van der Waals surface area contributed by atoms with Crippen molar-refractivity contribution in [2.24, 2.45) is 0 Å². The average molecular weight is 528 g/mol. The third-order valence-corrected chi connectivity index (χ3v) is 7.69. The number of hydrogen-bond acceptors (Lipinski definition) is 9. The molecule has 1 aromatic carbocycles. The van der Waals surface area contributed by atoms with Crippen LogP contribution in [0.3, 0.4) is 0 Å². The number of anilines is 3. The third-order valence-electron chi connectivity index (χ3n) is 7.69. The van der Waals surface area contributed by atoms with E-state index in [2.05, 4.69) is 74.6 Å². The van der Waals surface area contributed by atoms with Crippen LogP contribution in [-0.2, 0) is 4.74 Å². The van der Waals surface area contributed by atoms with E-state index in [0.717, 1.165) is 56.3 Å². The molecule has 9 nitrogen and oxygen atoms in total. The number of nitrogens with two attached hydrogens (primary N) is 1. The Kier molecular flexibility index (Phi) is 8.15. The Balaban J connectivity index is 1.30. The average Bonchev–Trinajstić information content (AvgIpc) is 3.13. The summed E-state index contributed by atoms with van der Waals surface area (Å²) >= 11 is 0. The molecule has 9 heteroatoms. The van der Waals surface area contributed by atoms with Crippen molar-refractivity contribution in [1.82, 2.24) is 20.1 Å². The molecule has 0 radical (unpaired) electrons. The number of aromatic nitrogens is 3. The zero-order chi connectivity index (χ0) is 27.4. The first-order chi connectivity index (χ1) is 18.9. The molecule has 2 saturated heterocycles. The van der Waals surface area contributed by atoms with E-state index in [1.165, 1.54) is 0 Å². The molecule has 3 N–H and O–H groups in total. The maximum absolute atomic E-state index is 10.3. The van der Waals surface area contributed by atoms with Crippen LogP contribution in [0, 0.1) is 11.8 Å². The molecule has 0 amide bonds. The van der Waals surface area contributed by atoms with E-state index in [-0.39, 0.29) is 5.75 Å². The molecule has 3 aromatic rings. The predicted octanol–water partition coefficient (Wildman–Crippen LogP) is 3.39. The zero-order valence-corrected chi connectivity index (χ0v) is 22.9. The van der Waals surface area contributed by atoms with E-state index in [1.807, 2.05) is 24.4 Å². The largest absolute Gasteiger partial charge is 0.507 e. The number of phenols is 1. The Hall–Kier alpha value is -3.87. The summed E-state index contributed by atoms with van der Waals surface area (Å²) in [6.07, 6.45) is 2.79. The first-order valence-electron chi connectivity index (χ1n) is 13.6. The van der Waals surface area contributed by atoms with Crippen LogP contribution in [0.2, 0.25) is 0 Å². The summed E-state index contributed by atoms with van der Waals surface area (Å²) in [4.78, 5) is 11.6. The lowest BCUT2D eigenvalue weighted by molar-refractivity contribution is -0.0296. The highest BCUT2D eigenvalue weighted by Crippen LogP contribution is 2.32. The highest BCUT2D eigenvalue weighted by molar-refractivity contribution is 5.74. The number of benzene rings is 1. The molecule has 0 bridgehead atoms. The number of para-hydroxylation sites is 1. The van der Waals surface area contributed by atoms with Gasteiger partial charge in [0.2, 0.25) is 0 Å². The molecule has 2 aliphatic rings. The highest BCUT2D eigenvalue weighted by Gasteiger charge is 2.25. The van der Waals surface area contributed by atoms with Crippen LogP contribution in [0.25, 0.3) is 11.3 Å². The number of ether oxygens (including phenoxy) is 1. The third kappa shape index (κ3) is 6.08. The summed E-state index contributed by atoms with van der Waals surface area (Å²) in [7, 11) is 0. The minimum atomic E-state index is 0.170. The SMILES string of the molecule is C[C@@H]1COC[C@H](C)N1CC#Cc1cc(N2CCN(c3cc(-c4ccccc4O)nnc3N)CC[C@@H]2C)ccn1. The standard InChI is InChI=1S/C30H37N7O2/c1-21-11-14-35(28-18-27(33-34-30(28)31)26-8-4-5-9-29(26)38)15-16-37(21)25-10-12-32-24(17-25)7-6-13-36-22(2)19-39-20-23(36)3/h4-5,8-10,12,17-18,21-23,38H,11,13-16,19-20H2,1-3H3,(H2,31,34)/t21-,22-,23+/m0/s1. The van der Waals surface area contributed by atoms with Crippen LogP contribution < -0.4 is 15.5 Å². The van der Waals surface area contributed by atoms with Crippen LogP contribution in [-0.4, -0.2) is 82.7 Å². The fourth-order valence-electron chi connectivity index (χ4n) is 5.38. The second-order valence-corrected chi connectivity index (χ2v) is 10.4. The van der Waals surface area contributed by atoms with Crippen molar-refractivity contribution in [3.05, 3.63) is 54.4 Å². The van der Waals surface area contributed by atoms with Crippen molar-refractivity contribution >= 4 is 17.2 Å². The molecule has 0 spiro atoms. The highest BCUT2D eigenvalue weighted by atomic mass is 16.5. The smallest absolute Gasteiger partial charge is 0.169 e. The summed E-state index contributed by atoms with van der Waals surface area (Å²) in [5.41, 5.74) is 10.3. The molecule has 3 atom stereocenters. The van der Waals surface area contributed by atoms with Crippen molar-refractivity contribution in [2.75, 3.05) is 54.9 Å². The van der Waals surface area contributed by atoms with Gasteiger partial charge >= 0.3 is 0 Å². The van der Waals surface area contributed by atoms with E-state index >= 15 is 0 Å². The van der Waals surface area contributed by atoms with E-state index in [1.54, 1.807) is 12.1 Å². The summed E-state index contributed by atoms with van der Waals surface area (Å²) in [5, 5.41) is 18.7. The monoisotopic (exact) mass is 527 g/mol. The maximum Gasteiger partial charge on any atom is 0.169 e. The van der Waals surface area contributed by atoms with Crippen LogP contribution in [0.1, 0.15) is 32.9 Å². The maximum atomic E-state index is 10.3. The molecule has 204 valence electrons. The Bertz CT molecular complexity index is 1340. The lowest BCUT2D eigenvalue weighted by Gasteiger charge is -2.37. The zero-order valence-electron chi connectivity index (χ0n) is 22.9. The molecule has 0 aliphatic carbocycles. The lowest BCUT2D eigenvalue weighted by Crippen LogP contribution is -2.49. The number of pyridine rings is 1. The van der Waals surface area contributed by atoms with E-state index in [0.29, 0.717) is 41.7 Å². The van der Waals surface area contributed by atoms with Crippen LogP contribution in [0.4, 0.5) is 17.2 Å². The summed E-state index contributed by atoms with van der Waals surface area (Å²) < 4.78 is 5.63. The molecular formula is C30H37N7O2. The van der Waals surface area contributed by atoms with Crippen LogP contribution in [0.15, 0.2) is 48.7 Å². The summed E-state index contributed by atoms with van der Waals surface area (Å²) in [6.45, 7) is 11.2. The molecule has 0 saturated carbocycles. The van der Waals surface area contributed by atoms with Gasteiger partial charge in [-0.2, -0.15) is 0 Å². The van der Waals surface area contributed by atoms with Crippen molar-refractivity contribution in [3.8, 4) is 28.8 Å². The van der Waals surface area contributed by atoms with Gasteiger partial charge in [0, 0.05) is 55.2 Å². The Morgan fingerprint density at radius 2 is 1.79 bits per heavy atom. The molecule has 5 rings (SSSR count). The molecule has 0 unspecified atom stereocenters. The molecule has 39 heavy (non-hydrogen) atoms. The Labute approximate surface area is 230 Å². The first-order valence-corrected chi connectivity index (χ1v) is 13.6. The van der Waals surface area contributed by atoms with Gasteiger partial charge in [0.05, 0.1) is 31.1 Å². The quantitative estimate of drug-likeness (QED) is 0.494.